The minimum absolute atomic E-state index is 0.0112. The van der Waals surface area contributed by atoms with E-state index < -0.39 is 24.2 Å². The molecule has 3 aliphatic rings. The zero-order valence-corrected chi connectivity index (χ0v) is 22.0. The molecule has 206 valence electrons. The van der Waals surface area contributed by atoms with E-state index in [1.54, 1.807) is 37.1 Å². The predicted molar refractivity (Wildman–Crippen MR) is 139 cm³/mol. The largest absolute Gasteiger partial charge is 0.452 e. The number of carbonyl (C=O) groups is 5. The van der Waals surface area contributed by atoms with Gasteiger partial charge in [-0.25, -0.2) is 0 Å². The molecular formula is C27H37N5O6. The van der Waals surface area contributed by atoms with E-state index in [1.807, 2.05) is 6.07 Å². The first-order valence-corrected chi connectivity index (χ1v) is 13.4. The van der Waals surface area contributed by atoms with Crippen LogP contribution >= 0.6 is 0 Å². The zero-order chi connectivity index (χ0) is 27.2. The minimum atomic E-state index is -0.786. The third kappa shape index (κ3) is 6.50. The van der Waals surface area contributed by atoms with Crippen molar-refractivity contribution >= 4 is 35.3 Å². The van der Waals surface area contributed by atoms with Crippen LogP contribution in [0.1, 0.15) is 63.9 Å². The van der Waals surface area contributed by atoms with Crippen molar-refractivity contribution in [3.05, 3.63) is 29.8 Å². The van der Waals surface area contributed by atoms with Gasteiger partial charge in [0.25, 0.3) is 5.91 Å². The summed E-state index contributed by atoms with van der Waals surface area (Å²) in [4.78, 5) is 64.6. The van der Waals surface area contributed by atoms with Crippen LogP contribution in [0.4, 0.5) is 5.69 Å². The number of carbonyl (C=O) groups excluding carboxylic acids is 5. The van der Waals surface area contributed by atoms with Crippen LogP contribution in [0.25, 0.3) is 0 Å². The first-order chi connectivity index (χ1) is 18.3. The number of likely N-dealkylation sites (N-methyl/N-ethyl adjacent to an activating group) is 1. The molecular weight excluding hydrogens is 490 g/mol. The first-order valence-electron chi connectivity index (χ1n) is 13.4. The van der Waals surface area contributed by atoms with Crippen molar-refractivity contribution in [1.29, 1.82) is 0 Å². The second-order valence-electron chi connectivity index (χ2n) is 10.3. The highest BCUT2D eigenvalue weighted by molar-refractivity contribution is 5.97. The molecule has 0 bridgehead atoms. The van der Waals surface area contributed by atoms with Gasteiger partial charge in [0.1, 0.15) is 12.1 Å². The zero-order valence-electron chi connectivity index (χ0n) is 22.0. The summed E-state index contributed by atoms with van der Waals surface area (Å²) in [6.45, 7) is 1.96. The molecule has 4 rings (SSSR count). The smallest absolute Gasteiger partial charge is 0.306 e. The van der Waals surface area contributed by atoms with E-state index in [0.717, 1.165) is 31.2 Å². The number of cyclic esters (lactones) is 1. The van der Waals surface area contributed by atoms with Gasteiger partial charge in [0.2, 0.25) is 17.7 Å². The van der Waals surface area contributed by atoms with Crippen LogP contribution in [0, 0.1) is 0 Å². The predicted octanol–water partition coefficient (Wildman–Crippen LogP) is 0.973. The average Bonchev–Trinajstić information content (AvgIpc) is 3.53. The van der Waals surface area contributed by atoms with Crippen molar-refractivity contribution < 1.29 is 28.7 Å². The molecule has 3 aliphatic heterocycles. The van der Waals surface area contributed by atoms with Crippen molar-refractivity contribution in [1.82, 2.24) is 20.9 Å². The molecule has 4 amide bonds. The first kappa shape index (κ1) is 27.6. The highest BCUT2D eigenvalue weighted by Gasteiger charge is 2.43. The lowest BCUT2D eigenvalue weighted by atomic mass is 9.98. The molecule has 1 aromatic carbocycles. The van der Waals surface area contributed by atoms with Crippen molar-refractivity contribution in [2.45, 2.75) is 95.1 Å². The fourth-order valence-corrected chi connectivity index (χ4v) is 5.35. The van der Waals surface area contributed by atoms with E-state index >= 15 is 0 Å². The number of benzene rings is 1. The molecule has 0 saturated carbocycles. The Bertz CT molecular complexity index is 1080. The van der Waals surface area contributed by atoms with E-state index in [0.29, 0.717) is 24.9 Å². The SMILES string of the molecule is CN[C@@H](C)C(=O)N[C@H]1CCCC[C@H]2CC[C@@H](C(=O)NCc3cccc(NC(=O)[C@@H]4CCC(=O)O4)c3)N2C1=O. The van der Waals surface area contributed by atoms with E-state index in [1.165, 1.54) is 0 Å². The number of esters is 1. The van der Waals surface area contributed by atoms with Crippen LogP contribution in [0.15, 0.2) is 24.3 Å². The standard InChI is InChI=1S/C27H37N5O6/c1-16(28-2)24(34)31-20-9-4-3-8-19-10-11-21(32(19)27(20)37)25(35)29-15-17-6-5-7-18(14-17)30-26(36)22-12-13-23(33)38-22/h5-7,14,16,19-22,28H,3-4,8-13,15H2,1-2H3,(H,29,35)(H,30,36)(H,31,34)/t16-,19-,20-,21-,22-/m0/s1. The van der Waals surface area contributed by atoms with Crippen molar-refractivity contribution in [3.63, 3.8) is 0 Å². The average molecular weight is 528 g/mol. The van der Waals surface area contributed by atoms with Crippen LogP contribution < -0.4 is 21.3 Å². The van der Waals surface area contributed by atoms with Crippen LogP contribution in [0.5, 0.6) is 0 Å². The van der Waals surface area contributed by atoms with Gasteiger partial charge < -0.3 is 30.9 Å². The lowest BCUT2D eigenvalue weighted by Gasteiger charge is -2.35. The summed E-state index contributed by atoms with van der Waals surface area (Å²) in [6.07, 6.45) is 4.32. The molecule has 3 fully saturated rings. The Hall–Kier alpha value is -3.47. The van der Waals surface area contributed by atoms with Crippen LogP contribution in [-0.2, 0) is 35.3 Å². The number of nitrogens with zero attached hydrogens (tertiary/aromatic N) is 1. The van der Waals surface area contributed by atoms with Crippen LogP contribution in [-0.4, -0.2) is 71.8 Å². The fourth-order valence-electron chi connectivity index (χ4n) is 5.35. The summed E-state index contributed by atoms with van der Waals surface area (Å²) in [7, 11) is 1.69. The van der Waals surface area contributed by atoms with Gasteiger partial charge >= 0.3 is 5.97 Å². The van der Waals surface area contributed by atoms with E-state index in [-0.39, 0.29) is 48.6 Å². The number of hydrogen-bond acceptors (Lipinski definition) is 7. The number of nitrogens with one attached hydrogen (secondary N) is 4. The summed E-state index contributed by atoms with van der Waals surface area (Å²) in [5.41, 5.74) is 1.32. The Kier molecular flexibility index (Phi) is 8.98. The Morgan fingerprint density at radius 1 is 1.05 bits per heavy atom. The molecule has 11 heteroatoms. The highest BCUT2D eigenvalue weighted by atomic mass is 16.6. The van der Waals surface area contributed by atoms with E-state index in [4.69, 9.17) is 4.74 Å². The number of anilines is 1. The van der Waals surface area contributed by atoms with Crippen molar-refractivity contribution in [2.75, 3.05) is 12.4 Å². The summed E-state index contributed by atoms with van der Waals surface area (Å²) in [5, 5.41) is 11.5. The van der Waals surface area contributed by atoms with Gasteiger partial charge in [-0.05, 0) is 57.4 Å². The number of amides is 4. The Labute approximate surface area is 222 Å². The number of ether oxygens (including phenoxy) is 1. The van der Waals surface area contributed by atoms with Crippen molar-refractivity contribution in [2.24, 2.45) is 0 Å². The molecule has 11 nitrogen and oxygen atoms in total. The maximum atomic E-state index is 13.5. The van der Waals surface area contributed by atoms with Gasteiger partial charge in [-0.3, -0.25) is 24.0 Å². The lowest BCUT2D eigenvalue weighted by Crippen LogP contribution is -2.57. The molecule has 4 N–H and O–H groups in total. The molecule has 1 aromatic rings. The molecule has 0 unspecified atom stereocenters. The molecule has 0 aromatic heterocycles. The second-order valence-corrected chi connectivity index (χ2v) is 10.3. The van der Waals surface area contributed by atoms with E-state index in [2.05, 4.69) is 21.3 Å². The van der Waals surface area contributed by atoms with Crippen LogP contribution in [0.2, 0.25) is 0 Å². The molecule has 38 heavy (non-hydrogen) atoms. The lowest BCUT2D eigenvalue weighted by molar-refractivity contribution is -0.146. The summed E-state index contributed by atoms with van der Waals surface area (Å²) >= 11 is 0. The molecule has 3 heterocycles. The van der Waals surface area contributed by atoms with Gasteiger partial charge in [0, 0.05) is 31.1 Å². The monoisotopic (exact) mass is 527 g/mol. The van der Waals surface area contributed by atoms with Crippen LogP contribution in [0.3, 0.4) is 0 Å². The molecule has 0 spiro atoms. The molecule has 5 atom stereocenters. The van der Waals surface area contributed by atoms with E-state index in [9.17, 15) is 24.0 Å². The maximum Gasteiger partial charge on any atom is 0.306 e. The third-order valence-electron chi connectivity index (χ3n) is 7.62. The minimum Gasteiger partial charge on any atom is -0.452 e. The quantitative estimate of drug-likeness (QED) is 0.369. The summed E-state index contributed by atoms with van der Waals surface area (Å²) in [5.74, 6) is -1.42. The maximum absolute atomic E-state index is 13.5. The molecule has 0 aliphatic carbocycles. The van der Waals surface area contributed by atoms with Gasteiger partial charge in [0.05, 0.1) is 6.04 Å². The third-order valence-corrected chi connectivity index (χ3v) is 7.62. The highest BCUT2D eigenvalue weighted by Crippen LogP contribution is 2.31. The Morgan fingerprint density at radius 3 is 2.58 bits per heavy atom. The van der Waals surface area contributed by atoms with Gasteiger partial charge in [-0.2, -0.15) is 0 Å². The Morgan fingerprint density at radius 2 is 1.84 bits per heavy atom. The topological polar surface area (TPSA) is 146 Å². The molecule has 3 saturated heterocycles. The summed E-state index contributed by atoms with van der Waals surface area (Å²) < 4.78 is 5.01. The second kappa shape index (κ2) is 12.4. The normalized spacial score (nSPS) is 26.0. The summed E-state index contributed by atoms with van der Waals surface area (Å²) in [6, 6.07) is 5.41. The Balaban J connectivity index is 1.37. The number of fused-ring (bicyclic) bond motifs is 1. The number of hydrogen-bond donors (Lipinski definition) is 4. The molecule has 0 radical (unpaired) electrons. The fraction of sp³-hybridized carbons (Fsp3) is 0.593. The van der Waals surface area contributed by atoms with Gasteiger partial charge in [-0.15, -0.1) is 0 Å². The van der Waals surface area contributed by atoms with Crippen molar-refractivity contribution in [3.8, 4) is 0 Å². The van der Waals surface area contributed by atoms with Gasteiger partial charge in [0.15, 0.2) is 6.10 Å². The van der Waals surface area contributed by atoms with Gasteiger partial charge in [-0.1, -0.05) is 25.0 Å². The number of rotatable bonds is 8.